The van der Waals surface area contributed by atoms with Gasteiger partial charge in [-0.05, 0) is 33.7 Å². The van der Waals surface area contributed by atoms with E-state index in [4.69, 9.17) is 0 Å². The number of nitrogens with zero attached hydrogens (tertiary/aromatic N) is 1. The summed E-state index contributed by atoms with van der Waals surface area (Å²) in [6.45, 7) is 5.14. The Kier molecular flexibility index (Phi) is 3.92. The van der Waals surface area contributed by atoms with Crippen molar-refractivity contribution in [1.82, 2.24) is 9.62 Å². The van der Waals surface area contributed by atoms with Gasteiger partial charge in [0.15, 0.2) is 0 Å². The van der Waals surface area contributed by atoms with E-state index in [2.05, 4.69) is 5.32 Å². The lowest BCUT2D eigenvalue weighted by Crippen LogP contribution is -2.42. The van der Waals surface area contributed by atoms with Gasteiger partial charge >= 0.3 is 0 Å². The number of sulfonamides is 1. The molecule has 0 saturated heterocycles. The van der Waals surface area contributed by atoms with Crippen LogP contribution in [0.4, 0.5) is 0 Å². The zero-order valence-corrected chi connectivity index (χ0v) is 9.97. The molecule has 0 unspecified atom stereocenters. The summed E-state index contributed by atoms with van der Waals surface area (Å²) in [7, 11) is -1.17. The monoisotopic (exact) mass is 220 g/mol. The first-order valence-electron chi connectivity index (χ1n) is 5.15. The number of hydrogen-bond donors (Lipinski definition) is 1. The van der Waals surface area contributed by atoms with E-state index in [1.54, 1.807) is 4.31 Å². The van der Waals surface area contributed by atoms with Crippen LogP contribution in [0.25, 0.3) is 0 Å². The second-order valence-corrected chi connectivity index (χ2v) is 6.22. The maximum absolute atomic E-state index is 11.9. The lowest BCUT2D eigenvalue weighted by Gasteiger charge is -2.25. The van der Waals surface area contributed by atoms with Gasteiger partial charge in [-0.15, -0.1) is 0 Å². The Bertz CT molecular complexity index is 271. The van der Waals surface area contributed by atoms with Crippen LogP contribution in [0.3, 0.4) is 0 Å². The second kappa shape index (κ2) is 4.59. The maximum Gasteiger partial charge on any atom is 0.217 e. The third kappa shape index (κ3) is 2.68. The molecule has 1 aliphatic rings. The highest BCUT2D eigenvalue weighted by Gasteiger charge is 2.40. The standard InChI is InChI=1S/C9H20N2O2S/c1-8(2)11(7-6-10-3)14(12,13)9-4-5-9/h8-10H,4-7H2,1-3H3. The summed E-state index contributed by atoms with van der Waals surface area (Å²) in [5, 5.41) is 2.88. The molecule has 4 nitrogen and oxygen atoms in total. The normalized spacial score (nSPS) is 18.1. The van der Waals surface area contributed by atoms with Crippen LogP contribution in [0.1, 0.15) is 26.7 Å². The van der Waals surface area contributed by atoms with Crippen LogP contribution in [0.15, 0.2) is 0 Å². The molecule has 0 aromatic rings. The van der Waals surface area contributed by atoms with Crippen LogP contribution in [-0.4, -0.2) is 44.2 Å². The van der Waals surface area contributed by atoms with Gasteiger partial charge in [0.25, 0.3) is 0 Å². The highest BCUT2D eigenvalue weighted by atomic mass is 32.2. The van der Waals surface area contributed by atoms with E-state index in [9.17, 15) is 8.42 Å². The highest BCUT2D eigenvalue weighted by molar-refractivity contribution is 7.90. The fraction of sp³-hybridized carbons (Fsp3) is 1.00. The summed E-state index contributed by atoms with van der Waals surface area (Å²) in [6.07, 6.45) is 1.68. The molecule has 0 radical (unpaired) electrons. The molecule has 0 amide bonds. The molecule has 1 rings (SSSR count). The van der Waals surface area contributed by atoms with Crippen LogP contribution in [0.2, 0.25) is 0 Å². The fourth-order valence-electron chi connectivity index (χ4n) is 1.46. The molecule has 1 aliphatic carbocycles. The third-order valence-corrected chi connectivity index (χ3v) is 5.00. The zero-order chi connectivity index (χ0) is 10.8. The van der Waals surface area contributed by atoms with Gasteiger partial charge in [-0.25, -0.2) is 8.42 Å². The molecule has 14 heavy (non-hydrogen) atoms. The molecular weight excluding hydrogens is 200 g/mol. The Morgan fingerprint density at radius 2 is 2.00 bits per heavy atom. The topological polar surface area (TPSA) is 49.4 Å². The summed E-state index contributed by atoms with van der Waals surface area (Å²) in [5.41, 5.74) is 0. The van der Waals surface area contributed by atoms with Crippen molar-refractivity contribution in [2.45, 2.75) is 38.0 Å². The van der Waals surface area contributed by atoms with E-state index in [0.717, 1.165) is 12.8 Å². The third-order valence-electron chi connectivity index (χ3n) is 2.43. The second-order valence-electron chi connectivity index (χ2n) is 4.05. The lowest BCUT2D eigenvalue weighted by atomic mass is 10.4. The Balaban J connectivity index is 2.66. The van der Waals surface area contributed by atoms with Crippen molar-refractivity contribution in [2.75, 3.05) is 20.1 Å². The van der Waals surface area contributed by atoms with Crippen molar-refractivity contribution < 1.29 is 8.42 Å². The minimum atomic E-state index is -3.01. The predicted molar refractivity (Wildman–Crippen MR) is 57.7 cm³/mol. The molecular formula is C9H20N2O2S. The number of rotatable bonds is 6. The molecule has 0 atom stereocenters. The van der Waals surface area contributed by atoms with E-state index in [1.165, 1.54) is 0 Å². The van der Waals surface area contributed by atoms with Crippen molar-refractivity contribution >= 4 is 10.0 Å². The van der Waals surface area contributed by atoms with Crippen LogP contribution in [-0.2, 0) is 10.0 Å². The summed E-state index contributed by atoms with van der Waals surface area (Å²) >= 11 is 0. The lowest BCUT2D eigenvalue weighted by molar-refractivity contribution is 0.353. The van der Waals surface area contributed by atoms with Gasteiger partial charge in [0.1, 0.15) is 0 Å². The van der Waals surface area contributed by atoms with Crippen LogP contribution < -0.4 is 5.32 Å². The Morgan fingerprint density at radius 3 is 2.36 bits per heavy atom. The van der Waals surface area contributed by atoms with Crippen molar-refractivity contribution in [3.63, 3.8) is 0 Å². The Hall–Kier alpha value is -0.130. The van der Waals surface area contributed by atoms with Crippen molar-refractivity contribution in [3.8, 4) is 0 Å². The molecule has 0 bridgehead atoms. The fourth-order valence-corrected chi connectivity index (χ4v) is 3.51. The van der Waals surface area contributed by atoms with Crippen LogP contribution in [0.5, 0.6) is 0 Å². The van der Waals surface area contributed by atoms with Crippen molar-refractivity contribution in [1.29, 1.82) is 0 Å². The average molecular weight is 220 g/mol. The van der Waals surface area contributed by atoms with E-state index in [1.807, 2.05) is 20.9 Å². The van der Waals surface area contributed by atoms with E-state index >= 15 is 0 Å². The first kappa shape index (κ1) is 11.9. The van der Waals surface area contributed by atoms with Gasteiger partial charge < -0.3 is 5.32 Å². The quantitative estimate of drug-likeness (QED) is 0.705. The van der Waals surface area contributed by atoms with Gasteiger partial charge in [-0.1, -0.05) is 0 Å². The largest absolute Gasteiger partial charge is 0.318 e. The molecule has 0 aromatic heterocycles. The minimum absolute atomic E-state index is 0.0638. The smallest absolute Gasteiger partial charge is 0.217 e. The van der Waals surface area contributed by atoms with E-state index in [0.29, 0.717) is 13.1 Å². The zero-order valence-electron chi connectivity index (χ0n) is 9.16. The average Bonchev–Trinajstić information content (AvgIpc) is 2.85. The molecule has 0 spiro atoms. The SMILES string of the molecule is CNCCN(C(C)C)S(=O)(=O)C1CC1. The number of likely N-dealkylation sites (N-methyl/N-ethyl adjacent to an activating group) is 1. The Labute approximate surface area is 86.7 Å². The van der Waals surface area contributed by atoms with Crippen LogP contribution in [0, 0.1) is 0 Å². The van der Waals surface area contributed by atoms with Gasteiger partial charge in [0, 0.05) is 19.1 Å². The summed E-state index contributed by atoms with van der Waals surface area (Å²) in [5.74, 6) is 0. The van der Waals surface area contributed by atoms with Gasteiger partial charge in [0.2, 0.25) is 10.0 Å². The number of nitrogens with one attached hydrogen (secondary N) is 1. The first-order chi connectivity index (χ1) is 6.50. The summed E-state index contributed by atoms with van der Waals surface area (Å²) in [4.78, 5) is 0. The van der Waals surface area contributed by atoms with Crippen LogP contribution >= 0.6 is 0 Å². The molecule has 1 saturated carbocycles. The van der Waals surface area contributed by atoms with Gasteiger partial charge in [0.05, 0.1) is 5.25 Å². The molecule has 0 aliphatic heterocycles. The minimum Gasteiger partial charge on any atom is -0.318 e. The van der Waals surface area contributed by atoms with E-state index < -0.39 is 10.0 Å². The molecule has 84 valence electrons. The van der Waals surface area contributed by atoms with Gasteiger partial charge in [-0.2, -0.15) is 4.31 Å². The van der Waals surface area contributed by atoms with Crippen molar-refractivity contribution in [2.24, 2.45) is 0 Å². The van der Waals surface area contributed by atoms with E-state index in [-0.39, 0.29) is 11.3 Å². The highest BCUT2D eigenvalue weighted by Crippen LogP contribution is 2.31. The summed E-state index contributed by atoms with van der Waals surface area (Å²) in [6, 6.07) is 0.0638. The van der Waals surface area contributed by atoms with Crippen molar-refractivity contribution in [3.05, 3.63) is 0 Å². The first-order valence-corrected chi connectivity index (χ1v) is 6.65. The molecule has 5 heteroatoms. The molecule has 0 aromatic carbocycles. The van der Waals surface area contributed by atoms with Gasteiger partial charge in [-0.3, -0.25) is 0 Å². The Morgan fingerprint density at radius 1 is 1.43 bits per heavy atom. The molecule has 0 heterocycles. The number of hydrogen-bond acceptors (Lipinski definition) is 3. The molecule has 1 N–H and O–H groups in total. The summed E-state index contributed by atoms with van der Waals surface area (Å²) < 4.78 is 25.5. The molecule has 1 fully saturated rings. The predicted octanol–water partition coefficient (Wildman–Crippen LogP) is 0.408. The maximum atomic E-state index is 11.9.